The van der Waals surface area contributed by atoms with E-state index in [2.05, 4.69) is 0 Å². The van der Waals surface area contributed by atoms with Crippen LogP contribution in [0.3, 0.4) is 0 Å². The summed E-state index contributed by atoms with van der Waals surface area (Å²) >= 11 is 0. The monoisotopic (exact) mass is 262 g/mol. The summed E-state index contributed by atoms with van der Waals surface area (Å²) in [5.74, 6) is 0. The molecule has 0 spiro atoms. The maximum Gasteiger partial charge on any atom is 0.410 e. The molecule has 4 heteroatoms. The number of fused-ring (bicyclic) bond motifs is 1. The van der Waals surface area contributed by atoms with Crippen molar-refractivity contribution in [2.24, 2.45) is 0 Å². The number of carbonyl (C=O) groups is 1. The lowest BCUT2D eigenvalue weighted by Gasteiger charge is -2.29. The molecule has 0 aromatic heterocycles. The van der Waals surface area contributed by atoms with Gasteiger partial charge in [-0.15, -0.1) is 0 Å². The zero-order chi connectivity index (χ0) is 14.2. The molecule has 1 aromatic carbocycles. The second kappa shape index (κ2) is 4.76. The largest absolute Gasteiger partial charge is 0.444 e. The van der Waals surface area contributed by atoms with E-state index in [1.165, 1.54) is 11.1 Å². The number of aryl methyl sites for hydroxylation is 1. The number of benzene rings is 1. The lowest BCUT2D eigenvalue weighted by atomic mass is 10.1. The van der Waals surface area contributed by atoms with Gasteiger partial charge in [-0.05, 0) is 56.9 Å². The van der Waals surface area contributed by atoms with E-state index in [1.807, 2.05) is 39.0 Å². The zero-order valence-corrected chi connectivity index (χ0v) is 12.1. The van der Waals surface area contributed by atoms with Crippen LogP contribution in [0.1, 0.15) is 44.4 Å². The van der Waals surface area contributed by atoms with Gasteiger partial charge in [-0.3, -0.25) is 0 Å². The molecule has 0 fully saturated rings. The van der Waals surface area contributed by atoms with Crippen molar-refractivity contribution in [3.8, 4) is 0 Å². The Hall–Kier alpha value is -1.71. The Bertz CT molecular complexity index is 491. The van der Waals surface area contributed by atoms with Crippen molar-refractivity contribution in [3.63, 3.8) is 0 Å². The van der Waals surface area contributed by atoms with Crippen molar-refractivity contribution >= 4 is 11.8 Å². The number of anilines is 1. The van der Waals surface area contributed by atoms with Gasteiger partial charge in [0, 0.05) is 12.7 Å². The smallest absolute Gasteiger partial charge is 0.410 e. The average Bonchev–Trinajstić information content (AvgIpc) is 2.68. The minimum absolute atomic E-state index is 0.0884. The average molecular weight is 262 g/mol. The van der Waals surface area contributed by atoms with E-state index in [-0.39, 0.29) is 12.1 Å². The Balaban J connectivity index is 2.15. The molecule has 0 radical (unpaired) electrons. The first-order valence-corrected chi connectivity index (χ1v) is 6.62. The molecular weight excluding hydrogens is 240 g/mol. The number of ether oxygens (including phenoxy) is 1. The van der Waals surface area contributed by atoms with E-state index in [0.717, 1.165) is 18.5 Å². The molecule has 2 rings (SSSR count). The number of carbonyl (C=O) groups excluding carboxylic acids is 1. The first-order chi connectivity index (χ1) is 8.78. The summed E-state index contributed by atoms with van der Waals surface area (Å²) in [5.41, 5.74) is 8.52. The number of nitrogens with two attached hydrogens (primary N) is 1. The van der Waals surface area contributed by atoms with Gasteiger partial charge < -0.3 is 15.4 Å². The van der Waals surface area contributed by atoms with E-state index in [0.29, 0.717) is 0 Å². The molecule has 0 saturated carbocycles. The maximum absolute atomic E-state index is 12.1. The Morgan fingerprint density at radius 3 is 2.74 bits per heavy atom. The van der Waals surface area contributed by atoms with Gasteiger partial charge >= 0.3 is 6.09 Å². The van der Waals surface area contributed by atoms with Crippen LogP contribution in [-0.2, 0) is 11.2 Å². The third kappa shape index (κ3) is 3.00. The van der Waals surface area contributed by atoms with Crippen LogP contribution in [0.4, 0.5) is 10.5 Å². The lowest BCUT2D eigenvalue weighted by Crippen LogP contribution is -2.36. The van der Waals surface area contributed by atoms with Crippen LogP contribution in [0.25, 0.3) is 0 Å². The number of amides is 1. The molecule has 104 valence electrons. The fourth-order valence-corrected chi connectivity index (χ4v) is 2.48. The quantitative estimate of drug-likeness (QED) is 0.791. The van der Waals surface area contributed by atoms with Crippen molar-refractivity contribution < 1.29 is 9.53 Å². The minimum Gasteiger partial charge on any atom is -0.444 e. The third-order valence-electron chi connectivity index (χ3n) is 3.36. The van der Waals surface area contributed by atoms with Crippen molar-refractivity contribution in [3.05, 3.63) is 29.3 Å². The van der Waals surface area contributed by atoms with Gasteiger partial charge in [0.25, 0.3) is 0 Å². The molecule has 1 aliphatic carbocycles. The molecule has 0 heterocycles. The minimum atomic E-state index is -0.464. The van der Waals surface area contributed by atoms with Crippen molar-refractivity contribution in [1.29, 1.82) is 0 Å². The molecular formula is C15H22N2O2. The Labute approximate surface area is 114 Å². The highest BCUT2D eigenvalue weighted by atomic mass is 16.6. The molecule has 0 bridgehead atoms. The predicted molar refractivity (Wildman–Crippen MR) is 75.9 cm³/mol. The van der Waals surface area contributed by atoms with E-state index < -0.39 is 5.60 Å². The van der Waals surface area contributed by atoms with Crippen molar-refractivity contribution in [2.75, 3.05) is 12.8 Å². The number of hydrogen-bond acceptors (Lipinski definition) is 3. The Kier molecular flexibility index (Phi) is 3.43. The van der Waals surface area contributed by atoms with E-state index in [9.17, 15) is 4.79 Å². The van der Waals surface area contributed by atoms with Crippen molar-refractivity contribution in [2.45, 2.75) is 45.3 Å². The predicted octanol–water partition coefficient (Wildman–Crippen LogP) is 3.12. The van der Waals surface area contributed by atoms with Gasteiger partial charge in [-0.25, -0.2) is 4.79 Å². The summed E-state index contributed by atoms with van der Waals surface area (Å²) in [6.07, 6.45) is 1.61. The number of hydrogen-bond donors (Lipinski definition) is 1. The van der Waals surface area contributed by atoms with Crippen LogP contribution in [0.2, 0.25) is 0 Å². The number of rotatable bonds is 1. The van der Waals surface area contributed by atoms with Crippen molar-refractivity contribution in [1.82, 2.24) is 4.90 Å². The second-order valence-electron chi connectivity index (χ2n) is 6.10. The van der Waals surface area contributed by atoms with Gasteiger partial charge in [0.05, 0.1) is 6.04 Å². The summed E-state index contributed by atoms with van der Waals surface area (Å²) in [6, 6.07) is 5.99. The summed E-state index contributed by atoms with van der Waals surface area (Å²) < 4.78 is 5.41. The molecule has 1 amide bonds. The molecule has 4 nitrogen and oxygen atoms in total. The molecule has 1 aliphatic rings. The van der Waals surface area contributed by atoms with Gasteiger partial charge in [0.2, 0.25) is 0 Å². The van der Waals surface area contributed by atoms with Crippen LogP contribution in [-0.4, -0.2) is 23.6 Å². The fraction of sp³-hybridized carbons (Fsp3) is 0.533. The van der Waals surface area contributed by atoms with E-state index in [1.54, 1.807) is 11.9 Å². The topological polar surface area (TPSA) is 55.6 Å². The standard InChI is InChI=1S/C15H22N2O2/c1-15(2,3)19-14(18)17(4)13-8-5-10-9-11(16)6-7-12(10)13/h6-7,9,13H,5,8,16H2,1-4H3/t13-/m1/s1. The second-order valence-corrected chi connectivity index (χ2v) is 6.10. The highest BCUT2D eigenvalue weighted by molar-refractivity contribution is 5.69. The van der Waals surface area contributed by atoms with Crippen LogP contribution in [0.5, 0.6) is 0 Å². The molecule has 0 unspecified atom stereocenters. The number of nitrogens with zero attached hydrogens (tertiary/aromatic N) is 1. The molecule has 1 aromatic rings. The fourth-order valence-electron chi connectivity index (χ4n) is 2.48. The van der Waals surface area contributed by atoms with Crippen LogP contribution < -0.4 is 5.73 Å². The van der Waals surface area contributed by atoms with Crippen LogP contribution in [0.15, 0.2) is 18.2 Å². The zero-order valence-electron chi connectivity index (χ0n) is 12.1. The first kappa shape index (κ1) is 13.7. The van der Waals surface area contributed by atoms with Crippen LogP contribution >= 0.6 is 0 Å². The molecule has 2 N–H and O–H groups in total. The number of nitrogen functional groups attached to an aromatic ring is 1. The normalized spacial score (nSPS) is 18.0. The highest BCUT2D eigenvalue weighted by Crippen LogP contribution is 2.36. The SMILES string of the molecule is CN(C(=O)OC(C)(C)C)[C@@H]1CCc2cc(N)ccc21. The highest BCUT2D eigenvalue weighted by Gasteiger charge is 2.31. The van der Waals surface area contributed by atoms with Gasteiger partial charge in [0.15, 0.2) is 0 Å². The summed E-state index contributed by atoms with van der Waals surface area (Å²) in [6.45, 7) is 5.63. The molecule has 0 saturated heterocycles. The third-order valence-corrected chi connectivity index (χ3v) is 3.36. The maximum atomic E-state index is 12.1. The first-order valence-electron chi connectivity index (χ1n) is 6.62. The van der Waals surface area contributed by atoms with Gasteiger partial charge in [-0.2, -0.15) is 0 Å². The van der Waals surface area contributed by atoms with Gasteiger partial charge in [0.1, 0.15) is 5.60 Å². The van der Waals surface area contributed by atoms with E-state index >= 15 is 0 Å². The lowest BCUT2D eigenvalue weighted by molar-refractivity contribution is 0.0220. The Morgan fingerprint density at radius 2 is 2.11 bits per heavy atom. The summed E-state index contributed by atoms with van der Waals surface area (Å²) in [4.78, 5) is 13.8. The van der Waals surface area contributed by atoms with Gasteiger partial charge in [-0.1, -0.05) is 6.07 Å². The van der Waals surface area contributed by atoms with E-state index in [4.69, 9.17) is 10.5 Å². The summed E-state index contributed by atoms with van der Waals surface area (Å²) in [7, 11) is 1.80. The van der Waals surface area contributed by atoms with Crippen LogP contribution in [0, 0.1) is 0 Å². The summed E-state index contributed by atoms with van der Waals surface area (Å²) in [5, 5.41) is 0. The Morgan fingerprint density at radius 1 is 1.42 bits per heavy atom. The molecule has 1 atom stereocenters. The molecule has 19 heavy (non-hydrogen) atoms. The molecule has 0 aliphatic heterocycles.